The number of hydrogen-bond donors (Lipinski definition) is 2. The van der Waals surface area contributed by atoms with Crippen LogP contribution in [0.25, 0.3) is 0 Å². The highest BCUT2D eigenvalue weighted by molar-refractivity contribution is 5.81. The Labute approximate surface area is 162 Å². The van der Waals surface area contributed by atoms with Gasteiger partial charge >= 0.3 is 0 Å². The largest absolute Gasteiger partial charge is 0.494 e. The zero-order valence-corrected chi connectivity index (χ0v) is 16.7. The maximum absolute atomic E-state index is 11.8. The maximum Gasteiger partial charge on any atom is 0.249 e. The molecule has 1 aromatic rings. The van der Waals surface area contributed by atoms with Crippen molar-refractivity contribution in [1.82, 2.24) is 10.6 Å². The fourth-order valence-electron chi connectivity index (χ4n) is 2.85. The first kappa shape index (κ1) is 21.2. The number of rotatable bonds is 9. The summed E-state index contributed by atoms with van der Waals surface area (Å²) in [6, 6.07) is 8.09. The van der Waals surface area contributed by atoms with Gasteiger partial charge in [-0.05, 0) is 42.4 Å². The SMILES string of the molecule is CC(C)(C)c1ccc(OCCCC(=O)NCCNC(=O)C2CCCO2)cc1. The van der Waals surface area contributed by atoms with Gasteiger partial charge in [-0.1, -0.05) is 32.9 Å². The van der Waals surface area contributed by atoms with E-state index >= 15 is 0 Å². The van der Waals surface area contributed by atoms with Crippen LogP contribution < -0.4 is 15.4 Å². The van der Waals surface area contributed by atoms with E-state index in [1.54, 1.807) is 0 Å². The van der Waals surface area contributed by atoms with Gasteiger partial charge in [0.05, 0.1) is 6.61 Å². The van der Waals surface area contributed by atoms with Gasteiger partial charge in [-0.3, -0.25) is 9.59 Å². The van der Waals surface area contributed by atoms with Crippen LogP contribution in [0.5, 0.6) is 5.75 Å². The van der Waals surface area contributed by atoms with Crippen molar-refractivity contribution in [1.29, 1.82) is 0 Å². The molecule has 0 saturated carbocycles. The lowest BCUT2D eigenvalue weighted by atomic mass is 9.87. The van der Waals surface area contributed by atoms with Crippen LogP contribution in [-0.4, -0.2) is 44.2 Å². The molecule has 0 spiro atoms. The van der Waals surface area contributed by atoms with Gasteiger partial charge in [0.2, 0.25) is 11.8 Å². The molecular formula is C21H32N2O4. The number of hydrogen-bond acceptors (Lipinski definition) is 4. The van der Waals surface area contributed by atoms with Crippen molar-refractivity contribution in [2.45, 2.75) is 58.0 Å². The van der Waals surface area contributed by atoms with E-state index in [1.165, 1.54) is 5.56 Å². The van der Waals surface area contributed by atoms with E-state index in [0.29, 0.717) is 39.1 Å². The molecule has 1 aliphatic heterocycles. The summed E-state index contributed by atoms with van der Waals surface area (Å²) >= 11 is 0. The molecule has 0 aromatic heterocycles. The smallest absolute Gasteiger partial charge is 0.249 e. The minimum atomic E-state index is -0.324. The molecule has 150 valence electrons. The number of nitrogens with one attached hydrogen (secondary N) is 2. The Bertz CT molecular complexity index is 602. The predicted octanol–water partition coefficient (Wildman–Crippen LogP) is 2.55. The number of carbonyl (C=O) groups is 2. The van der Waals surface area contributed by atoms with Gasteiger partial charge in [-0.25, -0.2) is 0 Å². The molecule has 6 heteroatoms. The van der Waals surface area contributed by atoms with Crippen LogP contribution >= 0.6 is 0 Å². The summed E-state index contributed by atoms with van der Waals surface area (Å²) in [4.78, 5) is 23.6. The van der Waals surface area contributed by atoms with Crippen LogP contribution in [0.2, 0.25) is 0 Å². The topological polar surface area (TPSA) is 76.7 Å². The first-order chi connectivity index (χ1) is 12.9. The highest BCUT2D eigenvalue weighted by Gasteiger charge is 2.22. The summed E-state index contributed by atoms with van der Waals surface area (Å²) in [6.07, 6.45) is 2.43. The van der Waals surface area contributed by atoms with Gasteiger partial charge in [0.25, 0.3) is 0 Å². The van der Waals surface area contributed by atoms with E-state index in [0.717, 1.165) is 18.6 Å². The van der Waals surface area contributed by atoms with Crippen molar-refractivity contribution < 1.29 is 19.1 Å². The summed E-state index contributed by atoms with van der Waals surface area (Å²) < 4.78 is 11.0. The molecule has 1 aromatic carbocycles. The van der Waals surface area contributed by atoms with Gasteiger partial charge in [-0.2, -0.15) is 0 Å². The van der Waals surface area contributed by atoms with Gasteiger partial charge in [0.15, 0.2) is 0 Å². The summed E-state index contributed by atoms with van der Waals surface area (Å²) in [5.74, 6) is 0.695. The molecule has 1 aliphatic rings. The second-order valence-corrected chi connectivity index (χ2v) is 7.87. The van der Waals surface area contributed by atoms with E-state index < -0.39 is 0 Å². The van der Waals surface area contributed by atoms with Gasteiger partial charge in [-0.15, -0.1) is 0 Å². The van der Waals surface area contributed by atoms with Gasteiger partial charge < -0.3 is 20.1 Å². The lowest BCUT2D eigenvalue weighted by Gasteiger charge is -2.19. The fourth-order valence-corrected chi connectivity index (χ4v) is 2.85. The van der Waals surface area contributed by atoms with Crippen LogP contribution in [0.15, 0.2) is 24.3 Å². The molecular weight excluding hydrogens is 344 g/mol. The average molecular weight is 376 g/mol. The number of ether oxygens (including phenoxy) is 2. The van der Waals surface area contributed by atoms with E-state index in [4.69, 9.17) is 9.47 Å². The molecule has 1 saturated heterocycles. The summed E-state index contributed by atoms with van der Waals surface area (Å²) in [5.41, 5.74) is 1.39. The fraction of sp³-hybridized carbons (Fsp3) is 0.619. The quantitative estimate of drug-likeness (QED) is 0.650. The maximum atomic E-state index is 11.8. The Kier molecular flexibility index (Phi) is 8.10. The molecule has 2 N–H and O–H groups in total. The first-order valence-corrected chi connectivity index (χ1v) is 9.75. The predicted molar refractivity (Wildman–Crippen MR) is 105 cm³/mol. The lowest BCUT2D eigenvalue weighted by Crippen LogP contribution is -2.39. The average Bonchev–Trinajstić information content (AvgIpc) is 3.17. The molecule has 2 rings (SSSR count). The van der Waals surface area contributed by atoms with Crippen LogP contribution in [-0.2, 0) is 19.7 Å². The molecule has 0 radical (unpaired) electrons. The Balaban J connectivity index is 1.52. The summed E-state index contributed by atoms with van der Waals surface area (Å²) in [7, 11) is 0. The first-order valence-electron chi connectivity index (χ1n) is 9.75. The molecule has 1 fully saturated rings. The lowest BCUT2D eigenvalue weighted by molar-refractivity contribution is -0.130. The van der Waals surface area contributed by atoms with Crippen LogP contribution in [0.1, 0.15) is 52.0 Å². The highest BCUT2D eigenvalue weighted by Crippen LogP contribution is 2.24. The Morgan fingerprint density at radius 2 is 1.85 bits per heavy atom. The Morgan fingerprint density at radius 1 is 1.15 bits per heavy atom. The summed E-state index contributed by atoms with van der Waals surface area (Å²) in [6.45, 7) is 8.52. The Morgan fingerprint density at radius 3 is 2.48 bits per heavy atom. The van der Waals surface area contributed by atoms with Crippen molar-refractivity contribution >= 4 is 11.8 Å². The van der Waals surface area contributed by atoms with Crippen molar-refractivity contribution in [3.05, 3.63) is 29.8 Å². The number of amides is 2. The van der Waals surface area contributed by atoms with E-state index in [1.807, 2.05) is 12.1 Å². The molecule has 1 unspecified atom stereocenters. The molecule has 27 heavy (non-hydrogen) atoms. The zero-order chi connectivity index (χ0) is 19.7. The minimum absolute atomic E-state index is 0.0342. The molecule has 0 bridgehead atoms. The van der Waals surface area contributed by atoms with Crippen molar-refractivity contribution in [2.75, 3.05) is 26.3 Å². The van der Waals surface area contributed by atoms with E-state index in [9.17, 15) is 9.59 Å². The third-order valence-electron chi connectivity index (χ3n) is 4.51. The second-order valence-electron chi connectivity index (χ2n) is 7.87. The van der Waals surface area contributed by atoms with E-state index in [2.05, 4.69) is 43.5 Å². The minimum Gasteiger partial charge on any atom is -0.494 e. The zero-order valence-electron chi connectivity index (χ0n) is 16.7. The van der Waals surface area contributed by atoms with Gasteiger partial charge in [0.1, 0.15) is 11.9 Å². The monoisotopic (exact) mass is 376 g/mol. The standard InChI is InChI=1S/C21H32N2O4/c1-21(2,3)16-8-10-17(11-9-16)26-14-5-7-19(24)22-12-13-23-20(25)18-6-4-15-27-18/h8-11,18H,4-7,12-15H2,1-3H3,(H,22,24)(H,23,25). The van der Waals surface area contributed by atoms with Crippen molar-refractivity contribution in [3.8, 4) is 5.75 Å². The van der Waals surface area contributed by atoms with E-state index in [-0.39, 0.29) is 23.3 Å². The molecule has 0 aliphatic carbocycles. The summed E-state index contributed by atoms with van der Waals surface area (Å²) in [5, 5.41) is 5.58. The number of benzene rings is 1. The van der Waals surface area contributed by atoms with Gasteiger partial charge in [0, 0.05) is 26.1 Å². The number of carbonyl (C=O) groups excluding carboxylic acids is 2. The Hall–Kier alpha value is -2.08. The third kappa shape index (κ3) is 7.59. The van der Waals surface area contributed by atoms with Crippen LogP contribution in [0, 0.1) is 0 Å². The molecule has 1 heterocycles. The second kappa shape index (κ2) is 10.3. The normalized spacial score (nSPS) is 16.8. The third-order valence-corrected chi connectivity index (χ3v) is 4.51. The van der Waals surface area contributed by atoms with Crippen LogP contribution in [0.3, 0.4) is 0 Å². The molecule has 6 nitrogen and oxygen atoms in total. The molecule has 2 amide bonds. The molecule has 1 atom stereocenters. The van der Waals surface area contributed by atoms with Crippen molar-refractivity contribution in [2.24, 2.45) is 0 Å². The van der Waals surface area contributed by atoms with Crippen molar-refractivity contribution in [3.63, 3.8) is 0 Å². The highest BCUT2D eigenvalue weighted by atomic mass is 16.5. The van der Waals surface area contributed by atoms with Crippen LogP contribution in [0.4, 0.5) is 0 Å².